The van der Waals surface area contributed by atoms with Crippen LogP contribution < -0.4 is 0 Å². The third-order valence-corrected chi connectivity index (χ3v) is 2.27. The molecule has 0 saturated heterocycles. The first-order valence-corrected chi connectivity index (χ1v) is 4.73. The molecule has 0 aliphatic heterocycles. The molecule has 0 fully saturated rings. The Morgan fingerprint density at radius 2 is 1.87 bits per heavy atom. The van der Waals surface area contributed by atoms with Crippen LogP contribution in [0.15, 0.2) is 24.3 Å². The zero-order valence-corrected chi connectivity index (χ0v) is 9.19. The number of ketones is 1. The van der Waals surface area contributed by atoms with Crippen LogP contribution in [0.4, 0.5) is 0 Å². The third-order valence-electron chi connectivity index (χ3n) is 2.27. The minimum atomic E-state index is -0.258. The summed E-state index contributed by atoms with van der Waals surface area (Å²) in [7, 11) is 3.71. The first-order valence-electron chi connectivity index (χ1n) is 4.73. The summed E-state index contributed by atoms with van der Waals surface area (Å²) in [5.41, 5.74) is 1.58. The van der Waals surface area contributed by atoms with E-state index in [0.717, 1.165) is 5.56 Å². The Hall–Kier alpha value is -1.66. The molecule has 1 unspecified atom stereocenters. The molecule has 0 amide bonds. The number of carbonyl (C=O) groups is 1. The monoisotopic (exact) mass is 202 g/mol. The highest BCUT2D eigenvalue weighted by molar-refractivity contribution is 5.94. The molecule has 78 valence electrons. The number of carbonyl (C=O) groups excluding carboxylic acids is 1. The van der Waals surface area contributed by atoms with Crippen molar-refractivity contribution < 1.29 is 4.79 Å². The lowest BCUT2D eigenvalue weighted by Crippen LogP contribution is -2.18. The molecule has 0 heterocycles. The summed E-state index contributed by atoms with van der Waals surface area (Å²) in [6.07, 6.45) is 0. The fourth-order valence-corrected chi connectivity index (χ4v) is 1.39. The Balaban J connectivity index is 2.98. The maximum absolute atomic E-state index is 11.1. The highest BCUT2D eigenvalue weighted by Crippen LogP contribution is 2.17. The van der Waals surface area contributed by atoms with Crippen molar-refractivity contribution in [3.05, 3.63) is 35.4 Å². The second-order valence-corrected chi connectivity index (χ2v) is 3.67. The van der Waals surface area contributed by atoms with Crippen LogP contribution in [0.25, 0.3) is 0 Å². The van der Waals surface area contributed by atoms with Crippen LogP contribution in [0, 0.1) is 11.3 Å². The summed E-state index contributed by atoms with van der Waals surface area (Å²) < 4.78 is 0. The van der Waals surface area contributed by atoms with Crippen molar-refractivity contribution >= 4 is 5.78 Å². The lowest BCUT2D eigenvalue weighted by molar-refractivity contribution is 0.101. The minimum Gasteiger partial charge on any atom is -0.295 e. The van der Waals surface area contributed by atoms with Crippen molar-refractivity contribution in [2.45, 2.75) is 13.0 Å². The van der Waals surface area contributed by atoms with Gasteiger partial charge in [0.1, 0.15) is 6.04 Å². The number of hydrogen-bond donors (Lipinski definition) is 0. The number of Topliss-reactive ketones (excluding diaryl/α,β-unsaturated/α-hetero) is 1. The second kappa shape index (κ2) is 4.72. The van der Waals surface area contributed by atoms with Crippen LogP contribution in [0.5, 0.6) is 0 Å². The van der Waals surface area contributed by atoms with Gasteiger partial charge in [0.05, 0.1) is 6.07 Å². The highest BCUT2D eigenvalue weighted by atomic mass is 16.1. The van der Waals surface area contributed by atoms with Crippen LogP contribution in [0.2, 0.25) is 0 Å². The van der Waals surface area contributed by atoms with Crippen LogP contribution in [-0.4, -0.2) is 24.8 Å². The minimum absolute atomic E-state index is 0.0416. The summed E-state index contributed by atoms with van der Waals surface area (Å²) in [5.74, 6) is 0.0416. The second-order valence-electron chi connectivity index (χ2n) is 3.67. The van der Waals surface area contributed by atoms with Gasteiger partial charge in [0.15, 0.2) is 5.78 Å². The van der Waals surface area contributed by atoms with E-state index < -0.39 is 0 Å². The van der Waals surface area contributed by atoms with Crippen LogP contribution in [0.3, 0.4) is 0 Å². The first-order chi connectivity index (χ1) is 7.06. The summed E-state index contributed by atoms with van der Waals surface area (Å²) in [6, 6.07) is 9.11. The van der Waals surface area contributed by atoms with E-state index in [9.17, 15) is 4.79 Å². The third kappa shape index (κ3) is 2.64. The van der Waals surface area contributed by atoms with Gasteiger partial charge >= 0.3 is 0 Å². The molecule has 1 aromatic carbocycles. The topological polar surface area (TPSA) is 44.1 Å². The largest absolute Gasteiger partial charge is 0.295 e. The predicted molar refractivity (Wildman–Crippen MR) is 58.5 cm³/mol. The molecule has 1 aromatic rings. The molecule has 15 heavy (non-hydrogen) atoms. The van der Waals surface area contributed by atoms with Gasteiger partial charge < -0.3 is 0 Å². The Kier molecular flexibility index (Phi) is 3.59. The fourth-order valence-electron chi connectivity index (χ4n) is 1.39. The molecule has 0 aliphatic carbocycles. The van der Waals surface area contributed by atoms with E-state index in [4.69, 9.17) is 5.26 Å². The first kappa shape index (κ1) is 11.4. The highest BCUT2D eigenvalue weighted by Gasteiger charge is 2.12. The number of benzene rings is 1. The van der Waals surface area contributed by atoms with Crippen LogP contribution in [-0.2, 0) is 0 Å². The van der Waals surface area contributed by atoms with Gasteiger partial charge in [0, 0.05) is 5.56 Å². The summed E-state index contributed by atoms with van der Waals surface area (Å²) in [5, 5.41) is 8.97. The van der Waals surface area contributed by atoms with E-state index in [1.165, 1.54) is 6.92 Å². The van der Waals surface area contributed by atoms with E-state index in [2.05, 4.69) is 6.07 Å². The number of nitrogens with zero attached hydrogens (tertiary/aromatic N) is 2. The van der Waals surface area contributed by atoms with Gasteiger partial charge in [0.2, 0.25) is 0 Å². The number of rotatable bonds is 3. The van der Waals surface area contributed by atoms with Gasteiger partial charge in [-0.25, -0.2) is 0 Å². The average molecular weight is 202 g/mol. The van der Waals surface area contributed by atoms with Gasteiger partial charge in [-0.05, 0) is 26.6 Å². The molecule has 0 spiro atoms. The molecule has 0 aliphatic rings. The van der Waals surface area contributed by atoms with Crippen molar-refractivity contribution in [1.82, 2.24) is 4.90 Å². The van der Waals surface area contributed by atoms with Gasteiger partial charge in [0.25, 0.3) is 0 Å². The molecule has 0 aromatic heterocycles. The Labute approximate surface area is 89.9 Å². The van der Waals surface area contributed by atoms with Gasteiger partial charge in [-0.3, -0.25) is 9.69 Å². The van der Waals surface area contributed by atoms with E-state index >= 15 is 0 Å². The lowest BCUT2D eigenvalue weighted by Gasteiger charge is -2.17. The molecule has 0 saturated carbocycles. The molecular weight excluding hydrogens is 188 g/mol. The Morgan fingerprint density at radius 3 is 2.20 bits per heavy atom. The number of nitriles is 1. The van der Waals surface area contributed by atoms with Crippen molar-refractivity contribution in [3.8, 4) is 6.07 Å². The fraction of sp³-hybridized carbons (Fsp3) is 0.333. The van der Waals surface area contributed by atoms with E-state index in [0.29, 0.717) is 5.56 Å². The van der Waals surface area contributed by atoms with E-state index in [1.807, 2.05) is 31.1 Å². The predicted octanol–water partition coefficient (Wildman–Crippen LogP) is 2.02. The molecule has 1 rings (SSSR count). The van der Waals surface area contributed by atoms with Crippen molar-refractivity contribution in [1.29, 1.82) is 5.26 Å². The molecule has 1 atom stereocenters. The Morgan fingerprint density at radius 1 is 1.33 bits per heavy atom. The van der Waals surface area contributed by atoms with Crippen molar-refractivity contribution in [2.75, 3.05) is 14.1 Å². The van der Waals surface area contributed by atoms with Crippen LogP contribution in [0.1, 0.15) is 28.9 Å². The molecule has 0 N–H and O–H groups in total. The summed E-state index contributed by atoms with van der Waals surface area (Å²) >= 11 is 0. The molecule has 3 heteroatoms. The number of hydrogen-bond acceptors (Lipinski definition) is 3. The van der Waals surface area contributed by atoms with E-state index in [1.54, 1.807) is 12.1 Å². The quantitative estimate of drug-likeness (QED) is 0.704. The maximum Gasteiger partial charge on any atom is 0.159 e. The van der Waals surface area contributed by atoms with Crippen LogP contribution >= 0.6 is 0 Å². The zero-order chi connectivity index (χ0) is 11.4. The summed E-state index contributed by atoms with van der Waals surface area (Å²) in [6.45, 7) is 1.53. The van der Waals surface area contributed by atoms with Crippen molar-refractivity contribution in [3.63, 3.8) is 0 Å². The normalized spacial score (nSPS) is 12.2. The molecule has 0 radical (unpaired) electrons. The average Bonchev–Trinajstić information content (AvgIpc) is 2.19. The molecular formula is C12H14N2O. The standard InChI is InChI=1S/C12H14N2O/c1-9(15)10-4-6-11(7-5-10)12(8-13)14(2)3/h4-7,12H,1-3H3. The maximum atomic E-state index is 11.1. The van der Waals surface area contributed by atoms with Gasteiger partial charge in [-0.15, -0.1) is 0 Å². The zero-order valence-electron chi connectivity index (χ0n) is 9.19. The lowest BCUT2D eigenvalue weighted by atomic mass is 10.0. The Bertz CT molecular complexity index is 387. The summed E-state index contributed by atoms with van der Waals surface area (Å²) in [4.78, 5) is 12.9. The van der Waals surface area contributed by atoms with E-state index in [-0.39, 0.29) is 11.8 Å². The molecule has 3 nitrogen and oxygen atoms in total. The smallest absolute Gasteiger partial charge is 0.159 e. The van der Waals surface area contributed by atoms with Crippen molar-refractivity contribution in [2.24, 2.45) is 0 Å². The van der Waals surface area contributed by atoms with Gasteiger partial charge in [-0.2, -0.15) is 5.26 Å². The molecule has 0 bridgehead atoms. The SMILES string of the molecule is CC(=O)c1ccc(C(C#N)N(C)C)cc1. The van der Waals surface area contributed by atoms with Gasteiger partial charge in [-0.1, -0.05) is 24.3 Å².